The molecule has 2 N–H and O–H groups in total. The molecule has 2 heterocycles. The number of carbonyl (C=O) groups is 3. The van der Waals surface area contributed by atoms with Gasteiger partial charge in [-0.15, -0.1) is 0 Å². The Morgan fingerprint density at radius 1 is 1.18 bits per heavy atom. The van der Waals surface area contributed by atoms with Gasteiger partial charge in [-0.05, 0) is 31.4 Å². The summed E-state index contributed by atoms with van der Waals surface area (Å²) in [4.78, 5) is 42.5. The van der Waals surface area contributed by atoms with E-state index in [4.69, 9.17) is 0 Å². The SMILES string of the molecule is O=C(CN1C(=O)NC2(CCCCC2)C1=O)NCCCn1cnc2ccccc21. The average molecular weight is 383 g/mol. The number of nitrogens with zero attached hydrogens (tertiary/aromatic N) is 3. The highest BCUT2D eigenvalue weighted by atomic mass is 16.2. The number of imidazole rings is 1. The number of imide groups is 1. The molecule has 1 aliphatic carbocycles. The Kier molecular flexibility index (Phi) is 5.02. The van der Waals surface area contributed by atoms with Gasteiger partial charge in [-0.1, -0.05) is 31.4 Å². The minimum atomic E-state index is -0.780. The van der Waals surface area contributed by atoms with Crippen LogP contribution in [0.4, 0.5) is 4.79 Å². The van der Waals surface area contributed by atoms with Gasteiger partial charge >= 0.3 is 6.03 Å². The zero-order chi connectivity index (χ0) is 19.6. The Morgan fingerprint density at radius 3 is 2.79 bits per heavy atom. The Hall–Kier alpha value is -2.90. The van der Waals surface area contributed by atoms with Crippen LogP contribution in [0, 0.1) is 0 Å². The van der Waals surface area contributed by atoms with Crippen LogP contribution in [0.2, 0.25) is 0 Å². The smallest absolute Gasteiger partial charge is 0.325 e. The first-order valence-electron chi connectivity index (χ1n) is 9.90. The van der Waals surface area contributed by atoms with Gasteiger partial charge in [0.05, 0.1) is 17.4 Å². The molecule has 28 heavy (non-hydrogen) atoms. The van der Waals surface area contributed by atoms with Crippen molar-refractivity contribution in [1.82, 2.24) is 25.1 Å². The largest absolute Gasteiger partial charge is 0.354 e. The maximum Gasteiger partial charge on any atom is 0.325 e. The van der Waals surface area contributed by atoms with Gasteiger partial charge in [0.15, 0.2) is 0 Å². The third-order valence-electron chi connectivity index (χ3n) is 5.68. The molecule has 8 heteroatoms. The molecule has 0 atom stereocenters. The molecular weight excluding hydrogens is 358 g/mol. The highest BCUT2D eigenvalue weighted by Crippen LogP contribution is 2.33. The van der Waals surface area contributed by atoms with Gasteiger partial charge in [0, 0.05) is 13.1 Å². The predicted octanol–water partition coefficient (Wildman–Crippen LogP) is 1.80. The van der Waals surface area contributed by atoms with Crippen molar-refractivity contribution < 1.29 is 14.4 Å². The van der Waals surface area contributed by atoms with E-state index in [1.54, 1.807) is 6.33 Å². The molecule has 148 valence electrons. The molecule has 2 aromatic rings. The number of amides is 4. The normalized spacial score (nSPS) is 18.6. The molecule has 0 unspecified atom stereocenters. The summed E-state index contributed by atoms with van der Waals surface area (Å²) in [5.74, 6) is -0.566. The number of benzene rings is 1. The quantitative estimate of drug-likeness (QED) is 0.587. The summed E-state index contributed by atoms with van der Waals surface area (Å²) in [6.07, 6.45) is 6.78. The van der Waals surface area contributed by atoms with Crippen LogP contribution < -0.4 is 10.6 Å². The van der Waals surface area contributed by atoms with E-state index in [9.17, 15) is 14.4 Å². The number of nitrogens with one attached hydrogen (secondary N) is 2. The molecule has 1 aliphatic heterocycles. The lowest BCUT2D eigenvalue weighted by atomic mass is 9.82. The summed E-state index contributed by atoms with van der Waals surface area (Å²) in [6.45, 7) is 0.980. The molecule has 4 amide bonds. The Labute approximate surface area is 163 Å². The van der Waals surface area contributed by atoms with Gasteiger partial charge in [0.25, 0.3) is 5.91 Å². The molecule has 8 nitrogen and oxygen atoms in total. The number of para-hydroxylation sites is 2. The van der Waals surface area contributed by atoms with Gasteiger partial charge in [-0.3, -0.25) is 14.5 Å². The second-order valence-corrected chi connectivity index (χ2v) is 7.59. The van der Waals surface area contributed by atoms with E-state index in [0.717, 1.165) is 48.2 Å². The molecule has 2 fully saturated rings. The van der Waals surface area contributed by atoms with Crippen molar-refractivity contribution in [3.63, 3.8) is 0 Å². The summed E-state index contributed by atoms with van der Waals surface area (Å²) in [5.41, 5.74) is 1.23. The Bertz CT molecular complexity index is 900. The van der Waals surface area contributed by atoms with Crippen molar-refractivity contribution in [2.24, 2.45) is 0 Å². The van der Waals surface area contributed by atoms with Crippen LogP contribution in [0.5, 0.6) is 0 Å². The summed E-state index contributed by atoms with van der Waals surface area (Å²) in [6, 6.07) is 7.45. The maximum absolute atomic E-state index is 12.7. The number of aryl methyl sites for hydroxylation is 1. The van der Waals surface area contributed by atoms with Crippen LogP contribution in [0.1, 0.15) is 38.5 Å². The second-order valence-electron chi connectivity index (χ2n) is 7.59. The van der Waals surface area contributed by atoms with Gasteiger partial charge in [0.2, 0.25) is 5.91 Å². The summed E-state index contributed by atoms with van der Waals surface area (Å²) < 4.78 is 2.05. The average Bonchev–Trinajstić information content (AvgIpc) is 3.21. The van der Waals surface area contributed by atoms with E-state index in [-0.39, 0.29) is 18.4 Å². The van der Waals surface area contributed by atoms with E-state index in [0.29, 0.717) is 19.4 Å². The van der Waals surface area contributed by atoms with Crippen molar-refractivity contribution >= 4 is 28.9 Å². The number of rotatable bonds is 6. The fourth-order valence-electron chi connectivity index (χ4n) is 4.18. The first-order chi connectivity index (χ1) is 13.6. The fourth-order valence-corrected chi connectivity index (χ4v) is 4.18. The van der Waals surface area contributed by atoms with E-state index < -0.39 is 11.6 Å². The topological polar surface area (TPSA) is 96.3 Å². The van der Waals surface area contributed by atoms with E-state index in [1.165, 1.54) is 0 Å². The molecule has 1 spiro atoms. The van der Waals surface area contributed by atoms with Crippen LogP contribution in [0.3, 0.4) is 0 Å². The Balaban J connectivity index is 1.25. The first kappa shape index (κ1) is 18.5. The molecule has 2 aliphatic rings. The Morgan fingerprint density at radius 2 is 1.96 bits per heavy atom. The van der Waals surface area contributed by atoms with Crippen LogP contribution >= 0.6 is 0 Å². The number of urea groups is 1. The predicted molar refractivity (Wildman–Crippen MR) is 103 cm³/mol. The second kappa shape index (κ2) is 7.61. The summed E-state index contributed by atoms with van der Waals surface area (Å²) >= 11 is 0. The molecule has 1 aromatic carbocycles. The zero-order valence-corrected chi connectivity index (χ0v) is 15.8. The van der Waals surface area contributed by atoms with Crippen molar-refractivity contribution in [2.75, 3.05) is 13.1 Å². The van der Waals surface area contributed by atoms with Crippen molar-refractivity contribution in [2.45, 2.75) is 50.6 Å². The van der Waals surface area contributed by atoms with Crippen LogP contribution in [0.15, 0.2) is 30.6 Å². The number of hydrogen-bond donors (Lipinski definition) is 2. The lowest BCUT2D eigenvalue weighted by molar-refractivity contribution is -0.135. The molecule has 0 bridgehead atoms. The minimum Gasteiger partial charge on any atom is -0.354 e. The third kappa shape index (κ3) is 3.46. The molecule has 0 radical (unpaired) electrons. The summed E-state index contributed by atoms with van der Waals surface area (Å²) in [5, 5.41) is 5.63. The molecular formula is C20H25N5O3. The highest BCUT2D eigenvalue weighted by molar-refractivity contribution is 6.09. The molecule has 1 saturated carbocycles. The zero-order valence-electron chi connectivity index (χ0n) is 15.8. The van der Waals surface area contributed by atoms with Crippen LogP contribution in [-0.2, 0) is 16.1 Å². The highest BCUT2D eigenvalue weighted by Gasteiger charge is 2.51. The minimum absolute atomic E-state index is 0.222. The van der Waals surface area contributed by atoms with Gasteiger partial charge < -0.3 is 15.2 Å². The maximum atomic E-state index is 12.7. The van der Waals surface area contributed by atoms with E-state index in [2.05, 4.69) is 15.6 Å². The van der Waals surface area contributed by atoms with Crippen LogP contribution in [0.25, 0.3) is 11.0 Å². The lowest BCUT2D eigenvalue weighted by Gasteiger charge is -2.30. The standard InChI is InChI=1S/C20H25N5O3/c26-17(13-25-18(27)20(23-19(25)28)9-4-1-5-10-20)21-11-6-12-24-14-22-15-7-2-3-8-16(15)24/h2-3,7-8,14H,1,4-6,9-13H2,(H,21,26)(H,23,28). The van der Waals surface area contributed by atoms with Gasteiger partial charge in [-0.2, -0.15) is 0 Å². The summed E-state index contributed by atoms with van der Waals surface area (Å²) in [7, 11) is 0. The molecule has 1 aromatic heterocycles. The first-order valence-corrected chi connectivity index (χ1v) is 9.90. The van der Waals surface area contributed by atoms with Crippen molar-refractivity contribution in [3.05, 3.63) is 30.6 Å². The van der Waals surface area contributed by atoms with Crippen LogP contribution in [-0.4, -0.2) is 50.9 Å². The van der Waals surface area contributed by atoms with E-state index >= 15 is 0 Å². The number of hydrogen-bond acceptors (Lipinski definition) is 4. The number of fused-ring (bicyclic) bond motifs is 1. The fraction of sp³-hybridized carbons (Fsp3) is 0.500. The monoisotopic (exact) mass is 383 g/mol. The lowest BCUT2D eigenvalue weighted by Crippen LogP contribution is -2.49. The van der Waals surface area contributed by atoms with Crippen molar-refractivity contribution in [3.8, 4) is 0 Å². The van der Waals surface area contributed by atoms with Gasteiger partial charge in [-0.25, -0.2) is 9.78 Å². The number of carbonyl (C=O) groups excluding carboxylic acids is 3. The molecule has 1 saturated heterocycles. The number of aromatic nitrogens is 2. The van der Waals surface area contributed by atoms with Crippen molar-refractivity contribution in [1.29, 1.82) is 0 Å². The van der Waals surface area contributed by atoms with E-state index in [1.807, 2.05) is 28.8 Å². The third-order valence-corrected chi connectivity index (χ3v) is 5.68. The molecule has 4 rings (SSSR count). The van der Waals surface area contributed by atoms with Gasteiger partial charge in [0.1, 0.15) is 12.1 Å².